The smallest absolute Gasteiger partial charge is 0.127 e. The molecule has 0 spiro atoms. The van der Waals surface area contributed by atoms with Crippen LogP contribution >= 0.6 is 0 Å². The van der Waals surface area contributed by atoms with E-state index in [1.807, 2.05) is 36.4 Å². The molecule has 0 bridgehead atoms. The largest absolute Gasteiger partial charge is 0.296 e. The van der Waals surface area contributed by atoms with Gasteiger partial charge in [-0.3, -0.25) is 4.90 Å². The summed E-state index contributed by atoms with van der Waals surface area (Å²) in [5.74, 6) is 0. The summed E-state index contributed by atoms with van der Waals surface area (Å²) in [5, 5.41) is 0. The van der Waals surface area contributed by atoms with Gasteiger partial charge in [-0.2, -0.15) is 0 Å². The van der Waals surface area contributed by atoms with Crippen molar-refractivity contribution < 1.29 is 4.39 Å². The second-order valence-electron chi connectivity index (χ2n) is 6.82. The lowest BCUT2D eigenvalue weighted by Crippen LogP contribution is -2.42. The molecule has 23 heavy (non-hydrogen) atoms. The van der Waals surface area contributed by atoms with Gasteiger partial charge in [-0.05, 0) is 30.5 Å². The lowest BCUT2D eigenvalue weighted by molar-refractivity contribution is 0.0652. The zero-order chi connectivity index (χ0) is 16.0. The Balaban J connectivity index is 1.70. The summed E-state index contributed by atoms with van der Waals surface area (Å²) in [7, 11) is 0. The molecular formula is C21H26FN. The molecule has 1 heterocycles. The molecule has 0 radical (unpaired) electrons. The number of benzene rings is 2. The molecule has 1 saturated heterocycles. The number of hydrogen-bond donors (Lipinski definition) is 0. The van der Waals surface area contributed by atoms with Crippen LogP contribution in [0.4, 0.5) is 4.39 Å². The van der Waals surface area contributed by atoms with Crippen molar-refractivity contribution in [1.29, 1.82) is 0 Å². The quantitative estimate of drug-likeness (QED) is 0.767. The highest BCUT2D eigenvalue weighted by Gasteiger charge is 2.33. The highest BCUT2D eigenvalue weighted by Crippen LogP contribution is 2.29. The number of nitrogens with zero attached hydrogens (tertiary/aromatic N) is 1. The molecular weight excluding hydrogens is 285 g/mol. The lowest BCUT2D eigenvalue weighted by Gasteiger charge is -2.35. The van der Waals surface area contributed by atoms with Gasteiger partial charge in [-0.25, -0.2) is 4.39 Å². The molecule has 2 aromatic carbocycles. The van der Waals surface area contributed by atoms with E-state index in [-0.39, 0.29) is 0 Å². The van der Waals surface area contributed by atoms with E-state index >= 15 is 4.39 Å². The summed E-state index contributed by atoms with van der Waals surface area (Å²) in [5.41, 5.74) is 1.27. The summed E-state index contributed by atoms with van der Waals surface area (Å²) in [6, 6.07) is 20.5. The van der Waals surface area contributed by atoms with E-state index in [9.17, 15) is 0 Å². The van der Waals surface area contributed by atoms with Gasteiger partial charge in [0.15, 0.2) is 0 Å². The Morgan fingerprint density at radius 3 is 2.17 bits per heavy atom. The van der Waals surface area contributed by atoms with Crippen LogP contribution in [-0.2, 0) is 13.0 Å². The first-order valence-electron chi connectivity index (χ1n) is 8.73. The van der Waals surface area contributed by atoms with E-state index < -0.39 is 5.67 Å². The molecule has 122 valence electrons. The second-order valence-corrected chi connectivity index (χ2v) is 6.82. The van der Waals surface area contributed by atoms with E-state index in [0.29, 0.717) is 19.4 Å². The van der Waals surface area contributed by atoms with Crippen LogP contribution in [0.2, 0.25) is 0 Å². The van der Waals surface area contributed by atoms with Crippen LogP contribution < -0.4 is 0 Å². The molecule has 0 amide bonds. The Hall–Kier alpha value is -1.67. The Kier molecular flexibility index (Phi) is 5.45. The number of alkyl halides is 1. The maximum absolute atomic E-state index is 15.6. The van der Waals surface area contributed by atoms with Crippen molar-refractivity contribution in [3.63, 3.8) is 0 Å². The molecule has 0 aliphatic carbocycles. The number of hydrogen-bond acceptors (Lipinski definition) is 1. The summed E-state index contributed by atoms with van der Waals surface area (Å²) in [4.78, 5) is 2.30. The van der Waals surface area contributed by atoms with Gasteiger partial charge in [0.2, 0.25) is 0 Å². The normalized spacial score (nSPS) is 23.2. The van der Waals surface area contributed by atoms with Crippen molar-refractivity contribution in [3.05, 3.63) is 71.8 Å². The standard InChI is InChI=1S/C21H26FN/c22-21(16-19-10-4-1-5-11-19)14-8-3-9-15-23(18-21)17-20-12-6-2-7-13-20/h1-2,4-7,10-13H,3,8-9,14-18H2. The first-order valence-corrected chi connectivity index (χ1v) is 8.73. The topological polar surface area (TPSA) is 3.24 Å². The average Bonchev–Trinajstić information content (AvgIpc) is 2.54. The van der Waals surface area contributed by atoms with Gasteiger partial charge >= 0.3 is 0 Å². The second kappa shape index (κ2) is 7.74. The Labute approximate surface area is 139 Å². The van der Waals surface area contributed by atoms with Crippen LogP contribution in [0.3, 0.4) is 0 Å². The van der Waals surface area contributed by atoms with Crippen molar-refractivity contribution in [2.24, 2.45) is 0 Å². The molecule has 1 aliphatic heterocycles. The van der Waals surface area contributed by atoms with Gasteiger partial charge in [0.25, 0.3) is 0 Å². The summed E-state index contributed by atoms with van der Waals surface area (Å²) >= 11 is 0. The third-order valence-corrected chi connectivity index (χ3v) is 4.72. The Bertz CT molecular complexity index is 583. The fraction of sp³-hybridized carbons (Fsp3) is 0.429. The lowest BCUT2D eigenvalue weighted by atomic mass is 9.88. The molecule has 2 aromatic rings. The van der Waals surface area contributed by atoms with Crippen molar-refractivity contribution in [2.45, 2.75) is 44.3 Å². The van der Waals surface area contributed by atoms with E-state index in [4.69, 9.17) is 0 Å². The third-order valence-electron chi connectivity index (χ3n) is 4.72. The molecule has 0 saturated carbocycles. The van der Waals surface area contributed by atoms with Crippen LogP contribution in [-0.4, -0.2) is 23.7 Å². The monoisotopic (exact) mass is 311 g/mol. The van der Waals surface area contributed by atoms with Gasteiger partial charge in [-0.1, -0.05) is 73.5 Å². The first-order chi connectivity index (χ1) is 11.2. The predicted octanol–water partition coefficient (Wildman–Crippen LogP) is 5.01. The van der Waals surface area contributed by atoms with Crippen LogP contribution in [0.15, 0.2) is 60.7 Å². The fourth-order valence-corrected chi connectivity index (χ4v) is 3.60. The zero-order valence-electron chi connectivity index (χ0n) is 13.8. The van der Waals surface area contributed by atoms with E-state index in [2.05, 4.69) is 29.2 Å². The summed E-state index contributed by atoms with van der Waals surface area (Å²) < 4.78 is 15.6. The molecule has 1 nitrogen and oxygen atoms in total. The zero-order valence-corrected chi connectivity index (χ0v) is 13.8. The first kappa shape index (κ1) is 16.2. The van der Waals surface area contributed by atoms with Crippen molar-refractivity contribution in [1.82, 2.24) is 4.90 Å². The SMILES string of the molecule is FC1(Cc2ccccc2)CCCCCN(Cc2ccccc2)C1. The van der Waals surface area contributed by atoms with E-state index in [1.165, 1.54) is 12.0 Å². The third kappa shape index (κ3) is 4.90. The molecule has 1 fully saturated rings. The predicted molar refractivity (Wildman–Crippen MR) is 94.2 cm³/mol. The maximum Gasteiger partial charge on any atom is 0.127 e. The molecule has 0 aromatic heterocycles. The molecule has 1 unspecified atom stereocenters. The molecule has 1 atom stereocenters. The van der Waals surface area contributed by atoms with Crippen LogP contribution in [0.5, 0.6) is 0 Å². The number of halogens is 1. The summed E-state index contributed by atoms with van der Waals surface area (Å²) in [6.45, 7) is 2.38. The van der Waals surface area contributed by atoms with Gasteiger partial charge in [0.05, 0.1) is 0 Å². The van der Waals surface area contributed by atoms with Gasteiger partial charge < -0.3 is 0 Å². The Morgan fingerprint density at radius 2 is 1.48 bits per heavy atom. The van der Waals surface area contributed by atoms with E-state index in [1.54, 1.807) is 0 Å². The Morgan fingerprint density at radius 1 is 0.826 bits per heavy atom. The average molecular weight is 311 g/mol. The molecule has 3 rings (SSSR count). The van der Waals surface area contributed by atoms with Gasteiger partial charge in [0.1, 0.15) is 5.67 Å². The highest BCUT2D eigenvalue weighted by molar-refractivity contribution is 5.18. The number of likely N-dealkylation sites (tertiary alicyclic amines) is 1. The van der Waals surface area contributed by atoms with E-state index in [0.717, 1.165) is 31.5 Å². The summed E-state index contributed by atoms with van der Waals surface area (Å²) in [6.07, 6.45) is 4.51. The van der Waals surface area contributed by atoms with Crippen LogP contribution in [0, 0.1) is 0 Å². The molecule has 1 aliphatic rings. The van der Waals surface area contributed by atoms with Crippen LogP contribution in [0.1, 0.15) is 36.8 Å². The maximum atomic E-state index is 15.6. The highest BCUT2D eigenvalue weighted by atomic mass is 19.1. The minimum atomic E-state index is -1.11. The van der Waals surface area contributed by atoms with Crippen molar-refractivity contribution >= 4 is 0 Å². The van der Waals surface area contributed by atoms with Gasteiger partial charge in [0, 0.05) is 19.5 Å². The number of rotatable bonds is 4. The molecule has 2 heteroatoms. The van der Waals surface area contributed by atoms with Crippen LogP contribution in [0.25, 0.3) is 0 Å². The van der Waals surface area contributed by atoms with Crippen molar-refractivity contribution in [3.8, 4) is 0 Å². The van der Waals surface area contributed by atoms with Gasteiger partial charge in [-0.15, -0.1) is 0 Å². The fourth-order valence-electron chi connectivity index (χ4n) is 3.60. The van der Waals surface area contributed by atoms with Crippen molar-refractivity contribution in [2.75, 3.05) is 13.1 Å². The molecule has 0 N–H and O–H groups in total. The minimum absolute atomic E-state index is 0.527. The minimum Gasteiger partial charge on any atom is -0.296 e.